The lowest BCUT2D eigenvalue weighted by Gasteiger charge is -2.17. The van der Waals surface area contributed by atoms with Crippen molar-refractivity contribution in [3.8, 4) is 0 Å². The third-order valence-corrected chi connectivity index (χ3v) is 4.09. The molecule has 0 aliphatic rings. The number of hydrogen-bond acceptors (Lipinski definition) is 3. The van der Waals surface area contributed by atoms with Crippen LogP contribution in [0.4, 0.5) is 0 Å². The summed E-state index contributed by atoms with van der Waals surface area (Å²) in [4.78, 5) is 14.1. The standard InChI is InChI=1S/C19H32N2O2/c1-4-17-7-9-18(10-8-17)11-12-19(22)20-13-15-23-16-14-21(5-2)6-3/h7-10H,4-6,11-16H2,1-3H3,(H,20,22). The maximum atomic E-state index is 11.8. The number of likely N-dealkylation sites (N-methyl/N-ethyl adjacent to an activating group) is 1. The average molecular weight is 320 g/mol. The van der Waals surface area contributed by atoms with E-state index in [-0.39, 0.29) is 5.91 Å². The predicted molar refractivity (Wildman–Crippen MR) is 95.8 cm³/mol. The van der Waals surface area contributed by atoms with Gasteiger partial charge < -0.3 is 15.0 Å². The number of nitrogens with zero attached hydrogens (tertiary/aromatic N) is 1. The molecule has 1 aromatic rings. The van der Waals surface area contributed by atoms with E-state index >= 15 is 0 Å². The van der Waals surface area contributed by atoms with Gasteiger partial charge in [-0.05, 0) is 37.1 Å². The maximum absolute atomic E-state index is 11.8. The van der Waals surface area contributed by atoms with Crippen LogP contribution in [0.2, 0.25) is 0 Å². The molecule has 0 fully saturated rings. The number of benzene rings is 1. The number of aryl methyl sites for hydroxylation is 2. The van der Waals surface area contributed by atoms with E-state index in [1.54, 1.807) is 0 Å². The van der Waals surface area contributed by atoms with Crippen LogP contribution < -0.4 is 5.32 Å². The number of rotatable bonds is 12. The first-order valence-corrected chi connectivity index (χ1v) is 8.84. The van der Waals surface area contributed by atoms with Crippen LogP contribution in [0.15, 0.2) is 24.3 Å². The highest BCUT2D eigenvalue weighted by molar-refractivity contribution is 5.76. The molecule has 0 spiro atoms. The van der Waals surface area contributed by atoms with Gasteiger partial charge in [0.05, 0.1) is 13.2 Å². The lowest BCUT2D eigenvalue weighted by Crippen LogP contribution is -2.30. The minimum Gasteiger partial charge on any atom is -0.378 e. The van der Waals surface area contributed by atoms with E-state index in [0.717, 1.165) is 39.1 Å². The minimum absolute atomic E-state index is 0.0944. The number of carbonyl (C=O) groups excluding carboxylic acids is 1. The van der Waals surface area contributed by atoms with Crippen LogP contribution in [0.5, 0.6) is 0 Å². The van der Waals surface area contributed by atoms with Crippen LogP contribution in [-0.4, -0.2) is 50.2 Å². The van der Waals surface area contributed by atoms with E-state index in [1.165, 1.54) is 11.1 Å². The van der Waals surface area contributed by atoms with Crippen LogP contribution in [0.3, 0.4) is 0 Å². The largest absolute Gasteiger partial charge is 0.378 e. The van der Waals surface area contributed by atoms with Crippen molar-refractivity contribution in [1.29, 1.82) is 0 Å². The van der Waals surface area contributed by atoms with Crippen LogP contribution >= 0.6 is 0 Å². The third-order valence-electron chi connectivity index (χ3n) is 4.09. The van der Waals surface area contributed by atoms with Gasteiger partial charge in [0, 0.05) is 19.5 Å². The zero-order valence-corrected chi connectivity index (χ0v) is 14.9. The average Bonchev–Trinajstić information content (AvgIpc) is 2.60. The van der Waals surface area contributed by atoms with Crippen molar-refractivity contribution in [2.75, 3.05) is 39.4 Å². The van der Waals surface area contributed by atoms with Crippen molar-refractivity contribution in [3.05, 3.63) is 35.4 Å². The monoisotopic (exact) mass is 320 g/mol. The summed E-state index contributed by atoms with van der Waals surface area (Å²) in [6, 6.07) is 8.50. The second-order valence-corrected chi connectivity index (χ2v) is 5.66. The highest BCUT2D eigenvalue weighted by Gasteiger charge is 2.02. The number of nitrogens with one attached hydrogen (secondary N) is 1. The SMILES string of the molecule is CCc1ccc(CCC(=O)NCCOCCN(CC)CC)cc1. The van der Waals surface area contributed by atoms with E-state index in [9.17, 15) is 4.79 Å². The fourth-order valence-corrected chi connectivity index (χ4v) is 2.39. The van der Waals surface area contributed by atoms with Gasteiger partial charge in [0.15, 0.2) is 0 Å². The molecule has 0 saturated carbocycles. The fourth-order valence-electron chi connectivity index (χ4n) is 2.39. The minimum atomic E-state index is 0.0944. The number of amides is 1. The molecular formula is C19H32N2O2. The molecule has 0 bridgehead atoms. The van der Waals surface area contributed by atoms with E-state index in [4.69, 9.17) is 4.74 Å². The van der Waals surface area contributed by atoms with Crippen molar-refractivity contribution in [1.82, 2.24) is 10.2 Å². The summed E-state index contributed by atoms with van der Waals surface area (Å²) in [6.07, 6.45) is 2.37. The molecule has 0 saturated heterocycles. The molecule has 23 heavy (non-hydrogen) atoms. The first-order chi connectivity index (χ1) is 11.2. The normalized spacial score (nSPS) is 11.0. The zero-order chi connectivity index (χ0) is 16.9. The first-order valence-electron chi connectivity index (χ1n) is 8.84. The highest BCUT2D eigenvalue weighted by atomic mass is 16.5. The van der Waals surface area contributed by atoms with Gasteiger partial charge in [-0.25, -0.2) is 0 Å². The van der Waals surface area contributed by atoms with Crippen LogP contribution in [0.1, 0.15) is 38.3 Å². The van der Waals surface area contributed by atoms with E-state index in [0.29, 0.717) is 19.6 Å². The van der Waals surface area contributed by atoms with E-state index < -0.39 is 0 Å². The van der Waals surface area contributed by atoms with Crippen LogP contribution in [0, 0.1) is 0 Å². The van der Waals surface area contributed by atoms with Gasteiger partial charge >= 0.3 is 0 Å². The molecule has 0 unspecified atom stereocenters. The summed E-state index contributed by atoms with van der Waals surface area (Å²) in [5.41, 5.74) is 2.55. The molecule has 4 heteroatoms. The Labute approximate surface area is 141 Å². The molecule has 1 aromatic carbocycles. The van der Waals surface area contributed by atoms with Gasteiger partial charge in [0.25, 0.3) is 0 Å². The van der Waals surface area contributed by atoms with E-state index in [1.807, 2.05) is 0 Å². The van der Waals surface area contributed by atoms with Gasteiger partial charge in [0.1, 0.15) is 0 Å². The third kappa shape index (κ3) is 8.72. The molecule has 0 radical (unpaired) electrons. The summed E-state index contributed by atoms with van der Waals surface area (Å²) in [5, 5.41) is 2.91. The molecule has 0 heterocycles. The van der Waals surface area contributed by atoms with Gasteiger partial charge in [-0.1, -0.05) is 45.0 Å². The Hall–Kier alpha value is -1.39. The molecule has 1 amide bonds. The summed E-state index contributed by atoms with van der Waals surface area (Å²) in [5.74, 6) is 0.0944. The van der Waals surface area contributed by atoms with Crippen LogP contribution in [0.25, 0.3) is 0 Å². The Bertz CT molecular complexity index is 428. The lowest BCUT2D eigenvalue weighted by atomic mass is 10.1. The molecule has 0 aliphatic heterocycles. The van der Waals surface area contributed by atoms with Gasteiger partial charge in [-0.2, -0.15) is 0 Å². The quantitative estimate of drug-likeness (QED) is 0.602. The Morgan fingerprint density at radius 1 is 1.04 bits per heavy atom. The molecule has 0 aromatic heterocycles. The molecule has 130 valence electrons. The highest BCUT2D eigenvalue weighted by Crippen LogP contribution is 2.07. The summed E-state index contributed by atoms with van der Waals surface area (Å²) in [7, 11) is 0. The Morgan fingerprint density at radius 2 is 1.70 bits per heavy atom. The van der Waals surface area contributed by atoms with E-state index in [2.05, 4.69) is 55.3 Å². The summed E-state index contributed by atoms with van der Waals surface area (Å²) < 4.78 is 5.55. The molecule has 0 aliphatic carbocycles. The van der Waals surface area contributed by atoms with Crippen molar-refractivity contribution < 1.29 is 9.53 Å². The number of ether oxygens (including phenoxy) is 1. The van der Waals surface area contributed by atoms with Crippen molar-refractivity contribution in [3.63, 3.8) is 0 Å². The Morgan fingerprint density at radius 3 is 2.30 bits per heavy atom. The zero-order valence-electron chi connectivity index (χ0n) is 14.9. The predicted octanol–water partition coefficient (Wildman–Crippen LogP) is 2.66. The Kier molecular flexibility index (Phi) is 10.3. The summed E-state index contributed by atoms with van der Waals surface area (Å²) >= 11 is 0. The number of carbonyl (C=O) groups is 1. The van der Waals surface area contributed by atoms with Crippen molar-refractivity contribution in [2.45, 2.75) is 40.0 Å². The van der Waals surface area contributed by atoms with Crippen molar-refractivity contribution in [2.24, 2.45) is 0 Å². The molecule has 1 N–H and O–H groups in total. The Balaban J connectivity index is 2.05. The fraction of sp³-hybridized carbons (Fsp3) is 0.632. The van der Waals surface area contributed by atoms with Crippen molar-refractivity contribution >= 4 is 5.91 Å². The lowest BCUT2D eigenvalue weighted by molar-refractivity contribution is -0.121. The molecule has 1 rings (SSSR count). The first kappa shape index (κ1) is 19.7. The second kappa shape index (κ2) is 12.1. The van der Waals surface area contributed by atoms with Gasteiger partial charge in [-0.3, -0.25) is 4.79 Å². The summed E-state index contributed by atoms with van der Waals surface area (Å²) in [6.45, 7) is 11.4. The maximum Gasteiger partial charge on any atom is 0.220 e. The van der Waals surface area contributed by atoms with Crippen LogP contribution in [-0.2, 0) is 22.4 Å². The topological polar surface area (TPSA) is 41.6 Å². The smallest absolute Gasteiger partial charge is 0.220 e. The van der Waals surface area contributed by atoms with Gasteiger partial charge in [-0.15, -0.1) is 0 Å². The molecular weight excluding hydrogens is 288 g/mol. The molecule has 0 atom stereocenters. The van der Waals surface area contributed by atoms with Gasteiger partial charge in [0.2, 0.25) is 5.91 Å². The number of hydrogen-bond donors (Lipinski definition) is 1. The molecule has 4 nitrogen and oxygen atoms in total. The second-order valence-electron chi connectivity index (χ2n) is 5.66.